The molecule has 0 bridgehead atoms. The van der Waals surface area contributed by atoms with Crippen LogP contribution in [0.15, 0.2) is 109 Å². The van der Waals surface area contributed by atoms with Gasteiger partial charge in [-0.15, -0.1) is 0 Å². The van der Waals surface area contributed by atoms with Gasteiger partial charge in [0.25, 0.3) is 0 Å². The first-order valence-electron chi connectivity index (χ1n) is 57.8. The molecule has 0 saturated heterocycles. The fourth-order valence-corrected chi connectivity index (χ4v) is 52.7. The van der Waals surface area contributed by atoms with Crippen molar-refractivity contribution >= 4 is 28.3 Å². The fourth-order valence-electron chi connectivity index (χ4n) is 23.8. The quantitative estimate of drug-likeness (QED) is 0.0357. The minimum absolute atomic E-state index is 0.0342. The molecule has 0 N–H and O–H groups in total. The van der Waals surface area contributed by atoms with E-state index in [1.165, 1.54) is 100 Å². The summed E-state index contributed by atoms with van der Waals surface area (Å²) < 4.78 is 49.9. The van der Waals surface area contributed by atoms with Crippen molar-refractivity contribution in [1.82, 2.24) is 0 Å². The number of unbranched alkanes of at least 4 members (excludes halogenated alkanes) is 9. The van der Waals surface area contributed by atoms with Crippen LogP contribution in [0.1, 0.15) is 584 Å². The summed E-state index contributed by atoms with van der Waals surface area (Å²) in [6.07, 6.45) is 35.1. The van der Waals surface area contributed by atoms with Crippen LogP contribution in [-0.4, -0.2) is 73.9 Å². The Labute approximate surface area is 871 Å². The summed E-state index contributed by atoms with van der Waals surface area (Å²) in [7, 11) is -4.82. The van der Waals surface area contributed by atoms with Gasteiger partial charge >= 0.3 is 877 Å². The molecule has 800 valence electrons. The van der Waals surface area contributed by atoms with Crippen LogP contribution >= 0.6 is 28.3 Å². The van der Waals surface area contributed by atoms with Crippen LogP contribution in [0, 0.1) is 0 Å². The molecule has 0 unspecified atom stereocenters. The zero-order valence-corrected chi connectivity index (χ0v) is 105. The Balaban J connectivity index is 1.97. The van der Waals surface area contributed by atoms with Gasteiger partial charge in [-0.2, -0.15) is 0 Å². The van der Waals surface area contributed by atoms with E-state index in [-0.39, 0.29) is 82.7 Å². The molecule has 0 radical (unpaired) electrons. The maximum atomic E-state index is 21.0. The van der Waals surface area contributed by atoms with Crippen LogP contribution in [0.3, 0.4) is 0 Å². The first-order valence-corrected chi connectivity index (χ1v) is 68.0. The van der Waals surface area contributed by atoms with E-state index in [1.54, 1.807) is 0 Å². The summed E-state index contributed by atoms with van der Waals surface area (Å²) in [4.78, 5) is 0. The summed E-state index contributed by atoms with van der Waals surface area (Å²) in [5.74, 6) is 0.244. The fraction of sp³-hybridized carbons (Fsp3) is 0.727. The van der Waals surface area contributed by atoms with Crippen LogP contribution < -0.4 is 0 Å². The van der Waals surface area contributed by atoms with Crippen molar-refractivity contribution in [1.29, 1.82) is 0 Å². The number of phosphoric acid groups is 1. The Morgan fingerprint density at radius 3 is 0.421 bits per heavy atom. The molecule has 0 aliphatic carbocycles. The second-order valence-electron chi connectivity index (χ2n) is 58.0. The zero-order valence-electron chi connectivity index (χ0n) is 101. The molecule has 0 amide bonds. The van der Waals surface area contributed by atoms with Gasteiger partial charge in [0.1, 0.15) is 0 Å². The summed E-state index contributed by atoms with van der Waals surface area (Å²) in [6, 6.07) is 46.2. The molecule has 6 rings (SSSR count). The Morgan fingerprint density at radius 1 is 0.193 bits per heavy atom. The van der Waals surface area contributed by atoms with Crippen molar-refractivity contribution in [3.8, 4) is 0 Å². The van der Waals surface area contributed by atoms with Gasteiger partial charge in [0.15, 0.2) is 0 Å². The third-order valence-corrected chi connectivity index (χ3v) is 58.3. The van der Waals surface area contributed by atoms with Crippen molar-refractivity contribution in [3.63, 3.8) is 0 Å². The summed E-state index contributed by atoms with van der Waals surface area (Å²) in [5, 5.41) is 0. The topological polar surface area (TPSA) is 44.8 Å². The predicted molar refractivity (Wildman–Crippen MR) is 640 cm³/mol. The van der Waals surface area contributed by atoms with E-state index in [0.717, 1.165) is 228 Å². The molecule has 140 heavy (non-hydrogen) atoms. The van der Waals surface area contributed by atoms with E-state index in [4.69, 9.17) is 0 Å². The van der Waals surface area contributed by atoms with Crippen LogP contribution in [0.5, 0.6) is 0 Å². The first-order chi connectivity index (χ1) is 64.2. The van der Waals surface area contributed by atoms with Gasteiger partial charge in [-0.1, -0.05) is 0 Å². The molecule has 0 fully saturated rings. The standard InChI is InChI=1S/C132H228O4P4/c1-46-55-82-138(83-56-47-2,84-57-48-3,91-64-67-106(109-76-70-100(121(10,11)12)94-115(109)127(28,29)30)110-77-71-101(122(13,14)15)95-116(110)128(31,32)33)134-137(133,135-139(85-58-49-4,86-59-50-5,87-60-51-6)92-65-68-107(111-78-72-102(123(16,17)18)96-117(111)129(34,35)36)112-79-73-103(124(19,20)21)97-118(112)130(37,38)39)136-140(88-61-52-7,89-62-53-8,90-63-54-9)93-66-69-108(113-80-74-104(125(22,23)24)98-119(113)131(40,41)42)114-81-75-105(126(25,26)27)99-120(114)132(43,44)45/h70-81,94-99,106-108H,46-69,82-93H2,1-45H3. The average Bonchev–Trinajstić information content (AvgIpc) is 0.706. The molecular formula is C132H228O4P4. The van der Waals surface area contributed by atoms with Gasteiger partial charge in [0, 0.05) is 0 Å². The van der Waals surface area contributed by atoms with Gasteiger partial charge < -0.3 is 0 Å². The van der Waals surface area contributed by atoms with E-state index in [9.17, 15) is 12.9 Å². The number of hydrogen-bond donors (Lipinski definition) is 0. The SMILES string of the molecule is CCCCP(CCCC)(CCCC)(CCCC(c1ccc(C(C)(C)C)cc1C(C)(C)C)c1ccc(C(C)(C)C)cc1C(C)(C)C)OP(=O)(OP(CCCC)(CCCC)(CCCC)CCCC(c1ccc(C(C)(C)C)cc1C(C)(C)C)c1ccc(C(C)(C)C)cc1C(C)(C)C)OP(CCCC)(CCCC)(CCCC)CCCC(c1ccc(C(C)(C)C)cc1C(C)(C)C)c1ccc(C(C)(C)C)cc1C(C)(C)C. The molecule has 0 aliphatic heterocycles. The Kier molecular flexibility index (Phi) is 43.7. The van der Waals surface area contributed by atoms with E-state index in [1.807, 2.05) is 0 Å². The molecule has 0 spiro atoms. The monoisotopic (exact) mass is 2000 g/mol. The molecule has 0 aliphatic rings. The Bertz CT molecular complexity index is 4130. The molecular weight excluding hydrogens is 1770 g/mol. The number of hydrogen-bond acceptors (Lipinski definition) is 4. The van der Waals surface area contributed by atoms with Crippen molar-refractivity contribution in [2.45, 2.75) is 548 Å². The van der Waals surface area contributed by atoms with Crippen molar-refractivity contribution in [2.75, 3.05) is 73.9 Å². The van der Waals surface area contributed by atoms with Crippen LogP contribution in [0.2, 0.25) is 0 Å². The van der Waals surface area contributed by atoms with Crippen LogP contribution in [-0.2, 0) is 82.5 Å². The summed E-state index contributed by atoms with van der Waals surface area (Å²) in [5.41, 5.74) is 24.7. The maximum absolute atomic E-state index is 21.0. The van der Waals surface area contributed by atoms with E-state index < -0.39 is 28.3 Å². The molecule has 8 heteroatoms. The Hall–Kier alpha value is -3.28. The van der Waals surface area contributed by atoms with Gasteiger partial charge in [-0.25, -0.2) is 0 Å². The zero-order chi connectivity index (χ0) is 106. The van der Waals surface area contributed by atoms with E-state index in [0.29, 0.717) is 0 Å². The second-order valence-corrected chi connectivity index (χ2v) is 77.4. The number of rotatable bonds is 51. The van der Waals surface area contributed by atoms with Crippen LogP contribution in [0.25, 0.3) is 0 Å². The minimum atomic E-state index is -4.82. The number of benzene rings is 6. The molecule has 4 nitrogen and oxygen atoms in total. The summed E-state index contributed by atoms with van der Waals surface area (Å²) in [6.45, 7) is 97.9. The van der Waals surface area contributed by atoms with Crippen molar-refractivity contribution in [2.24, 2.45) is 0 Å². The van der Waals surface area contributed by atoms with Gasteiger partial charge in [-0.05, 0) is 0 Å². The van der Waals surface area contributed by atoms with Crippen molar-refractivity contribution < 1.29 is 17.5 Å². The third kappa shape index (κ3) is 33.1. The Morgan fingerprint density at radius 2 is 0.314 bits per heavy atom. The second kappa shape index (κ2) is 48.8. The van der Waals surface area contributed by atoms with E-state index >= 15 is 4.57 Å². The third-order valence-electron chi connectivity index (χ3n) is 33.0. The molecule has 0 aromatic heterocycles. The van der Waals surface area contributed by atoms with Gasteiger partial charge in [0.2, 0.25) is 0 Å². The van der Waals surface area contributed by atoms with Gasteiger partial charge in [-0.3, -0.25) is 0 Å². The van der Waals surface area contributed by atoms with Crippen molar-refractivity contribution in [3.05, 3.63) is 209 Å². The van der Waals surface area contributed by atoms with E-state index in [2.05, 4.69) is 421 Å². The first kappa shape index (κ1) is 125. The summed E-state index contributed by atoms with van der Waals surface area (Å²) >= 11 is 0. The molecule has 6 aromatic carbocycles. The molecule has 0 saturated carbocycles. The average molecular weight is 2000 g/mol. The molecule has 0 atom stereocenters. The van der Waals surface area contributed by atoms with Gasteiger partial charge in [0.05, 0.1) is 0 Å². The molecule has 6 aromatic rings. The van der Waals surface area contributed by atoms with Crippen LogP contribution in [0.4, 0.5) is 0 Å². The molecule has 0 heterocycles. The normalized spacial score (nSPS) is 15.2. The predicted octanol–water partition coefficient (Wildman–Crippen LogP) is 43.2.